The quantitative estimate of drug-likeness (QED) is 0.892. The molecule has 2 atom stereocenters. The molecule has 1 fully saturated rings. The number of nitrogens with zero attached hydrogens (tertiary/aromatic N) is 1. The molecule has 1 aliphatic rings. The Bertz CT molecular complexity index is 537. The summed E-state index contributed by atoms with van der Waals surface area (Å²) >= 11 is 0. The second-order valence-electron chi connectivity index (χ2n) is 5.74. The molecule has 1 N–H and O–H groups in total. The summed E-state index contributed by atoms with van der Waals surface area (Å²) in [5, 5.41) is 2.37. The Morgan fingerprint density at radius 2 is 2.09 bits per heavy atom. The van der Waals surface area contributed by atoms with Gasteiger partial charge in [0.2, 0.25) is 0 Å². The van der Waals surface area contributed by atoms with E-state index in [9.17, 15) is 13.6 Å². The molecule has 1 saturated heterocycles. The number of nitrogens with one attached hydrogen (secondary N) is 1. The Hall–Kier alpha value is -1.73. The van der Waals surface area contributed by atoms with E-state index in [1.54, 1.807) is 6.92 Å². The Morgan fingerprint density at radius 1 is 1.43 bits per heavy atom. The highest BCUT2D eigenvalue weighted by atomic mass is 19.3. The van der Waals surface area contributed by atoms with Crippen molar-refractivity contribution in [3.05, 3.63) is 29.8 Å². The Labute approximate surface area is 134 Å². The maximum absolute atomic E-state index is 14.3. The Kier molecular flexibility index (Phi) is 5.54. The van der Waals surface area contributed by atoms with Gasteiger partial charge < -0.3 is 19.7 Å². The highest BCUT2D eigenvalue weighted by molar-refractivity contribution is 5.85. The summed E-state index contributed by atoms with van der Waals surface area (Å²) in [6.07, 6.45) is -0.302. The molecule has 7 heteroatoms. The maximum atomic E-state index is 14.3. The van der Waals surface area contributed by atoms with Crippen molar-refractivity contribution in [2.24, 2.45) is 0 Å². The largest absolute Gasteiger partial charge is 0.497 e. The van der Waals surface area contributed by atoms with Crippen LogP contribution in [0.2, 0.25) is 0 Å². The molecule has 1 aliphatic heterocycles. The summed E-state index contributed by atoms with van der Waals surface area (Å²) < 4.78 is 39.0. The van der Waals surface area contributed by atoms with Gasteiger partial charge in [-0.1, -0.05) is 0 Å². The number of alkyl halides is 2. The lowest BCUT2D eigenvalue weighted by Gasteiger charge is -2.34. The van der Waals surface area contributed by atoms with Crippen LogP contribution in [0.5, 0.6) is 5.75 Å². The summed E-state index contributed by atoms with van der Waals surface area (Å²) in [5.74, 6) is -4.48. The molecule has 1 amide bonds. The van der Waals surface area contributed by atoms with Crippen molar-refractivity contribution in [1.82, 2.24) is 10.2 Å². The van der Waals surface area contributed by atoms with E-state index in [4.69, 9.17) is 9.47 Å². The first-order valence-corrected chi connectivity index (χ1v) is 7.48. The van der Waals surface area contributed by atoms with Gasteiger partial charge in [0.05, 0.1) is 25.9 Å². The van der Waals surface area contributed by atoms with Crippen molar-refractivity contribution in [3.63, 3.8) is 0 Å². The second kappa shape index (κ2) is 7.23. The van der Waals surface area contributed by atoms with Crippen LogP contribution in [0.15, 0.2) is 24.3 Å². The number of methoxy groups -OCH3 is 1. The van der Waals surface area contributed by atoms with Gasteiger partial charge in [0.15, 0.2) is 0 Å². The molecule has 1 aromatic carbocycles. The van der Waals surface area contributed by atoms with Gasteiger partial charge in [-0.3, -0.25) is 4.79 Å². The number of amides is 1. The van der Waals surface area contributed by atoms with Gasteiger partial charge in [-0.15, -0.1) is 0 Å². The topological polar surface area (TPSA) is 50.8 Å². The number of hydrogen-bond acceptors (Lipinski definition) is 4. The third kappa shape index (κ3) is 4.17. The van der Waals surface area contributed by atoms with Crippen LogP contribution >= 0.6 is 0 Å². The molecule has 0 saturated carbocycles. The molecular weight excluding hydrogens is 306 g/mol. The van der Waals surface area contributed by atoms with E-state index in [1.165, 1.54) is 31.4 Å². The molecule has 0 radical (unpaired) electrons. The van der Waals surface area contributed by atoms with Crippen molar-refractivity contribution in [2.75, 3.05) is 33.9 Å². The third-order valence-electron chi connectivity index (χ3n) is 3.95. The predicted octanol–water partition coefficient (Wildman–Crippen LogP) is 1.62. The number of morpholine rings is 1. The van der Waals surface area contributed by atoms with E-state index >= 15 is 0 Å². The fourth-order valence-electron chi connectivity index (χ4n) is 2.44. The number of carbonyl (C=O) groups is 1. The van der Waals surface area contributed by atoms with E-state index in [2.05, 4.69) is 5.32 Å². The standard InChI is InChI=1S/C16H22F2N2O3/c1-11(14-10-20(2)8-9-23-14)19-15(21)16(17,18)12-4-6-13(22-3)7-5-12/h4-7,11,14H,8-10H2,1-3H3,(H,19,21)/t11-,14-/m1/s1. The van der Waals surface area contributed by atoms with Gasteiger partial charge >= 0.3 is 5.92 Å². The monoisotopic (exact) mass is 328 g/mol. The van der Waals surface area contributed by atoms with Crippen molar-refractivity contribution in [2.45, 2.75) is 25.0 Å². The number of halogens is 2. The SMILES string of the molecule is COc1ccc(C(F)(F)C(=O)N[C@H](C)[C@H]2CN(C)CCO2)cc1. The zero-order valence-corrected chi connectivity index (χ0v) is 13.5. The lowest BCUT2D eigenvalue weighted by atomic mass is 10.1. The summed E-state index contributed by atoms with van der Waals surface area (Å²) in [6.45, 7) is 3.58. The number of rotatable bonds is 5. The Balaban J connectivity index is 2.02. The van der Waals surface area contributed by atoms with Crippen LogP contribution < -0.4 is 10.1 Å². The fourth-order valence-corrected chi connectivity index (χ4v) is 2.44. The molecule has 2 rings (SSSR count). The number of likely N-dealkylation sites (N-methyl/N-ethyl adjacent to an activating group) is 1. The second-order valence-corrected chi connectivity index (χ2v) is 5.74. The van der Waals surface area contributed by atoms with Crippen LogP contribution in [-0.4, -0.2) is 56.8 Å². The molecular formula is C16H22F2N2O3. The van der Waals surface area contributed by atoms with E-state index < -0.39 is 17.9 Å². The van der Waals surface area contributed by atoms with Crippen molar-refractivity contribution >= 4 is 5.91 Å². The van der Waals surface area contributed by atoms with Gasteiger partial charge in [-0.25, -0.2) is 0 Å². The minimum Gasteiger partial charge on any atom is -0.497 e. The molecule has 128 valence electrons. The zero-order valence-electron chi connectivity index (χ0n) is 13.5. The first-order valence-electron chi connectivity index (χ1n) is 7.48. The van der Waals surface area contributed by atoms with Crippen molar-refractivity contribution < 1.29 is 23.0 Å². The molecule has 0 aromatic heterocycles. The molecule has 0 bridgehead atoms. The van der Waals surface area contributed by atoms with Crippen LogP contribution in [0.25, 0.3) is 0 Å². The molecule has 5 nitrogen and oxygen atoms in total. The van der Waals surface area contributed by atoms with E-state index in [1.807, 2.05) is 11.9 Å². The average Bonchev–Trinajstić information content (AvgIpc) is 2.54. The maximum Gasteiger partial charge on any atom is 0.349 e. The average molecular weight is 328 g/mol. The van der Waals surface area contributed by atoms with Gasteiger partial charge in [0, 0.05) is 18.7 Å². The lowest BCUT2D eigenvalue weighted by Crippen LogP contribution is -2.53. The number of benzene rings is 1. The predicted molar refractivity (Wildman–Crippen MR) is 81.7 cm³/mol. The molecule has 23 heavy (non-hydrogen) atoms. The smallest absolute Gasteiger partial charge is 0.349 e. The fraction of sp³-hybridized carbons (Fsp3) is 0.562. The summed E-state index contributed by atoms with van der Waals surface area (Å²) in [6, 6.07) is 4.68. The normalized spacial score (nSPS) is 20.8. The Morgan fingerprint density at radius 3 is 2.65 bits per heavy atom. The van der Waals surface area contributed by atoms with Crippen LogP contribution in [0.1, 0.15) is 12.5 Å². The van der Waals surface area contributed by atoms with Gasteiger partial charge in [0.1, 0.15) is 5.75 Å². The first-order chi connectivity index (χ1) is 10.8. The van der Waals surface area contributed by atoms with Crippen molar-refractivity contribution in [3.8, 4) is 5.75 Å². The first kappa shape index (κ1) is 17.6. The minimum absolute atomic E-state index is 0.302. The van der Waals surface area contributed by atoms with Crippen molar-refractivity contribution in [1.29, 1.82) is 0 Å². The van der Waals surface area contributed by atoms with Crippen LogP contribution in [-0.2, 0) is 15.5 Å². The zero-order chi connectivity index (χ0) is 17.0. The van der Waals surface area contributed by atoms with Crippen LogP contribution in [0, 0.1) is 0 Å². The highest BCUT2D eigenvalue weighted by Gasteiger charge is 2.42. The summed E-state index contributed by atoms with van der Waals surface area (Å²) in [4.78, 5) is 14.0. The van der Waals surface area contributed by atoms with E-state index in [0.29, 0.717) is 18.9 Å². The van der Waals surface area contributed by atoms with E-state index in [-0.39, 0.29) is 11.7 Å². The molecule has 0 aliphatic carbocycles. The third-order valence-corrected chi connectivity index (χ3v) is 3.95. The lowest BCUT2D eigenvalue weighted by molar-refractivity contribution is -0.149. The molecule has 1 aromatic rings. The number of carbonyl (C=O) groups excluding carboxylic acids is 1. The molecule has 1 heterocycles. The van der Waals surface area contributed by atoms with Crippen LogP contribution in [0.4, 0.5) is 8.78 Å². The highest BCUT2D eigenvalue weighted by Crippen LogP contribution is 2.29. The van der Waals surface area contributed by atoms with Gasteiger partial charge in [-0.05, 0) is 38.2 Å². The summed E-state index contributed by atoms with van der Waals surface area (Å²) in [5.41, 5.74) is -0.371. The van der Waals surface area contributed by atoms with Gasteiger partial charge in [-0.2, -0.15) is 8.78 Å². The molecule has 0 spiro atoms. The van der Waals surface area contributed by atoms with Crippen LogP contribution in [0.3, 0.4) is 0 Å². The minimum atomic E-state index is -3.61. The van der Waals surface area contributed by atoms with Gasteiger partial charge in [0.25, 0.3) is 5.91 Å². The molecule has 0 unspecified atom stereocenters. The summed E-state index contributed by atoms with van der Waals surface area (Å²) in [7, 11) is 3.37. The number of hydrogen-bond donors (Lipinski definition) is 1. The van der Waals surface area contributed by atoms with E-state index in [0.717, 1.165) is 6.54 Å². The number of ether oxygens (including phenoxy) is 2.